The molecule has 0 radical (unpaired) electrons. The van der Waals surface area contributed by atoms with Gasteiger partial charge in [0.2, 0.25) is 0 Å². The second-order valence-electron chi connectivity index (χ2n) is 4.52. The van der Waals surface area contributed by atoms with Gasteiger partial charge in [0.15, 0.2) is 0 Å². The molecular weight excluding hydrogens is 436 g/mol. The van der Waals surface area contributed by atoms with E-state index in [4.69, 9.17) is 0 Å². The number of thioether (sulfide) groups is 8. The lowest BCUT2D eigenvalue weighted by molar-refractivity contribution is 0.142. The van der Waals surface area contributed by atoms with Crippen LogP contribution in [0.3, 0.4) is 0 Å². The molecule has 22 heavy (non-hydrogen) atoms. The fraction of sp³-hybridized carbons (Fsp3) is 0.500. The molecule has 120 valence electrons. The molecule has 0 amide bonds. The van der Waals surface area contributed by atoms with Gasteiger partial charge in [0.1, 0.15) is 6.67 Å². The molecule has 0 aromatic heterocycles. The van der Waals surface area contributed by atoms with E-state index in [0.717, 1.165) is 5.75 Å². The van der Waals surface area contributed by atoms with Gasteiger partial charge >= 0.3 is 0 Å². The smallest absolute Gasteiger partial charge is 0.116 e. The Morgan fingerprint density at radius 2 is 1.41 bits per heavy atom. The third kappa shape index (κ3) is 3.56. The molecule has 2 atom stereocenters. The molecule has 0 saturated carbocycles. The highest BCUT2D eigenvalue weighted by Gasteiger charge is 2.36. The fourth-order valence-electron chi connectivity index (χ4n) is 1.94. The Morgan fingerprint density at radius 3 is 2.00 bits per heavy atom. The monoisotopic (exact) mass is 446 g/mol. The van der Waals surface area contributed by atoms with Crippen molar-refractivity contribution in [2.45, 2.75) is 11.4 Å². The van der Waals surface area contributed by atoms with Gasteiger partial charge in [-0.1, -0.05) is 47.0 Å². The minimum absolute atomic E-state index is 0.0208. The largest absolute Gasteiger partial charge is 0.389 e. The van der Waals surface area contributed by atoms with Crippen LogP contribution in [-0.4, -0.2) is 40.4 Å². The Morgan fingerprint density at radius 1 is 0.864 bits per heavy atom. The summed E-state index contributed by atoms with van der Waals surface area (Å²) in [5, 5.41) is 9.72. The van der Waals surface area contributed by atoms with Crippen LogP contribution in [0.5, 0.6) is 0 Å². The summed E-state index contributed by atoms with van der Waals surface area (Å²) in [5.74, 6) is 3.22. The van der Waals surface area contributed by atoms with Crippen LogP contribution >= 0.6 is 94.1 Å². The molecule has 0 bridgehead atoms. The molecule has 0 unspecified atom stereocenters. The molecule has 4 rings (SSSR count). The molecule has 4 aliphatic rings. The highest BCUT2D eigenvalue weighted by Crippen LogP contribution is 2.68. The van der Waals surface area contributed by atoms with E-state index in [9.17, 15) is 9.50 Å². The zero-order chi connectivity index (χ0) is 15.1. The summed E-state index contributed by atoms with van der Waals surface area (Å²) in [6.45, 7) is -0.649. The van der Waals surface area contributed by atoms with Crippen molar-refractivity contribution in [3.63, 3.8) is 0 Å². The number of alkyl halides is 1. The highest BCUT2D eigenvalue weighted by molar-refractivity contribution is 8.45. The van der Waals surface area contributed by atoms with Gasteiger partial charge in [-0.15, -0.1) is 47.0 Å². The predicted octanol–water partition coefficient (Wildman–Crippen LogP) is 5.99. The summed E-state index contributed by atoms with van der Waals surface area (Å²) in [4.78, 5) is 0. The molecular formula is C12H11FOS8. The van der Waals surface area contributed by atoms with E-state index in [1.54, 1.807) is 23.5 Å². The summed E-state index contributed by atoms with van der Waals surface area (Å²) >= 11 is 14.9. The van der Waals surface area contributed by atoms with Gasteiger partial charge in [0, 0.05) is 22.5 Å². The van der Waals surface area contributed by atoms with Gasteiger partial charge < -0.3 is 5.11 Å². The van der Waals surface area contributed by atoms with Crippen LogP contribution in [0.15, 0.2) is 25.4 Å². The van der Waals surface area contributed by atoms with Crippen molar-refractivity contribution in [3.8, 4) is 0 Å². The van der Waals surface area contributed by atoms with Crippen LogP contribution in [0.4, 0.5) is 4.39 Å². The normalized spacial score (nSPS) is 30.0. The van der Waals surface area contributed by atoms with Crippen LogP contribution < -0.4 is 0 Å². The van der Waals surface area contributed by atoms with Crippen LogP contribution in [0.25, 0.3) is 0 Å². The lowest BCUT2D eigenvalue weighted by Crippen LogP contribution is -2.28. The Balaban J connectivity index is 1.45. The first-order chi connectivity index (χ1) is 10.7. The first kappa shape index (κ1) is 17.3. The number of rotatable bonds is 2. The second kappa shape index (κ2) is 7.65. The highest BCUT2D eigenvalue weighted by atomic mass is 32.3. The Hall–Kier alpha value is 1.91. The van der Waals surface area contributed by atoms with Crippen LogP contribution in [-0.2, 0) is 0 Å². The minimum Gasteiger partial charge on any atom is -0.389 e. The Bertz CT molecular complexity index is 566. The molecule has 1 nitrogen and oxygen atoms in total. The van der Waals surface area contributed by atoms with Crippen molar-refractivity contribution in [1.82, 2.24) is 0 Å². The molecule has 0 fully saturated rings. The van der Waals surface area contributed by atoms with E-state index in [0.29, 0.717) is 0 Å². The zero-order valence-electron chi connectivity index (χ0n) is 11.1. The first-order valence-electron chi connectivity index (χ1n) is 6.48. The van der Waals surface area contributed by atoms with Gasteiger partial charge in [-0.25, -0.2) is 4.39 Å². The number of aliphatic hydroxyl groups is 1. The maximum atomic E-state index is 12.7. The quantitative estimate of drug-likeness (QED) is 0.547. The van der Waals surface area contributed by atoms with Crippen molar-refractivity contribution >= 4 is 94.1 Å². The molecule has 10 heteroatoms. The first-order valence-corrected chi connectivity index (χ1v) is 13.6. The summed E-state index contributed by atoms with van der Waals surface area (Å²) in [7, 11) is 0. The number of halogens is 1. The third-order valence-corrected chi connectivity index (χ3v) is 15.4. The molecule has 4 aliphatic heterocycles. The summed E-state index contributed by atoms with van der Waals surface area (Å²) < 4.78 is 21.0. The van der Waals surface area contributed by atoms with E-state index in [2.05, 4.69) is 0 Å². The van der Waals surface area contributed by atoms with Gasteiger partial charge in [0.25, 0.3) is 0 Å². The minimum atomic E-state index is -0.842. The molecule has 0 aromatic carbocycles. The molecule has 0 aliphatic carbocycles. The van der Waals surface area contributed by atoms with Gasteiger partial charge in [0.05, 0.1) is 31.5 Å². The molecule has 0 aromatic rings. The number of hydrogen-bond donors (Lipinski definition) is 1. The average molecular weight is 447 g/mol. The van der Waals surface area contributed by atoms with E-state index in [1.807, 2.05) is 70.6 Å². The summed E-state index contributed by atoms with van der Waals surface area (Å²) in [6.07, 6.45) is -0.842. The van der Waals surface area contributed by atoms with Crippen molar-refractivity contribution in [2.24, 2.45) is 0 Å². The van der Waals surface area contributed by atoms with Crippen LogP contribution in [0.2, 0.25) is 0 Å². The Labute approximate surface area is 163 Å². The van der Waals surface area contributed by atoms with E-state index in [1.165, 1.54) is 36.9 Å². The zero-order valence-corrected chi connectivity index (χ0v) is 17.6. The third-order valence-electron chi connectivity index (χ3n) is 3.02. The SMILES string of the molecule is O[C@H](CF)[C@H]1CSC2=C(SC(=C3SC4=C(SCCS4)S3)S2)S1. The maximum Gasteiger partial charge on any atom is 0.116 e. The van der Waals surface area contributed by atoms with Crippen LogP contribution in [0.1, 0.15) is 0 Å². The van der Waals surface area contributed by atoms with Crippen molar-refractivity contribution < 1.29 is 9.50 Å². The topological polar surface area (TPSA) is 20.2 Å². The second-order valence-corrected chi connectivity index (χ2v) is 14.6. The van der Waals surface area contributed by atoms with E-state index < -0.39 is 12.8 Å². The van der Waals surface area contributed by atoms with Gasteiger partial charge in [-0.05, 0) is 0 Å². The van der Waals surface area contributed by atoms with Crippen molar-refractivity contribution in [3.05, 3.63) is 25.4 Å². The fourth-order valence-corrected chi connectivity index (χ4v) is 14.6. The maximum absolute atomic E-state index is 12.7. The number of hydrogen-bond acceptors (Lipinski definition) is 9. The lowest BCUT2D eigenvalue weighted by Gasteiger charge is -2.24. The number of aliphatic hydroxyl groups excluding tert-OH is 1. The van der Waals surface area contributed by atoms with E-state index in [-0.39, 0.29) is 5.25 Å². The molecule has 4 heterocycles. The summed E-state index contributed by atoms with van der Waals surface area (Å²) in [6, 6.07) is 0. The van der Waals surface area contributed by atoms with Crippen molar-refractivity contribution in [2.75, 3.05) is 23.9 Å². The molecule has 0 saturated heterocycles. The molecule has 0 spiro atoms. The summed E-state index contributed by atoms with van der Waals surface area (Å²) in [5.41, 5.74) is 0. The lowest BCUT2D eigenvalue weighted by atomic mass is 10.3. The standard InChI is InChI=1S/C12H11FOS8/c13-3-5(14)6-4-17-9-10(18-6)22-12(21-9)11-19-7-8(20-11)16-2-1-15-7/h5-6,14H,1-4H2/t5-,6-/m1/s1. The van der Waals surface area contributed by atoms with Crippen LogP contribution in [0, 0.1) is 0 Å². The molecule has 1 N–H and O–H groups in total. The Kier molecular flexibility index (Phi) is 6.03. The van der Waals surface area contributed by atoms with Gasteiger partial charge in [-0.3, -0.25) is 0 Å². The van der Waals surface area contributed by atoms with Gasteiger partial charge in [-0.2, -0.15) is 0 Å². The predicted molar refractivity (Wildman–Crippen MR) is 112 cm³/mol. The van der Waals surface area contributed by atoms with Crippen molar-refractivity contribution in [1.29, 1.82) is 0 Å². The van der Waals surface area contributed by atoms with E-state index >= 15 is 0 Å². The average Bonchev–Trinajstić information content (AvgIpc) is 3.16.